The van der Waals surface area contributed by atoms with E-state index in [1.54, 1.807) is 18.4 Å². The molecule has 1 N–H and O–H groups in total. The first kappa shape index (κ1) is 18.6. The maximum Gasteiger partial charge on any atom is 0.315 e. The number of ether oxygens (including phenoxy) is 1. The molecule has 2 heterocycles. The molecule has 28 heavy (non-hydrogen) atoms. The molecule has 0 radical (unpaired) electrons. The number of Topliss-reactive ketones (excluding diaryl/α,β-unsaturated/α-hetero) is 1. The van der Waals surface area contributed by atoms with Gasteiger partial charge in [0.2, 0.25) is 0 Å². The lowest BCUT2D eigenvalue weighted by atomic mass is 9.69. The van der Waals surface area contributed by atoms with Crippen molar-refractivity contribution in [3.63, 3.8) is 0 Å². The van der Waals surface area contributed by atoms with E-state index in [1.807, 2.05) is 24.3 Å². The Balaban J connectivity index is 1.81. The van der Waals surface area contributed by atoms with Crippen molar-refractivity contribution in [2.75, 3.05) is 7.11 Å². The molecule has 6 heteroatoms. The van der Waals surface area contributed by atoms with E-state index in [9.17, 15) is 9.59 Å². The molecule has 2 aromatic rings. The Labute approximate surface area is 168 Å². The first-order valence-corrected chi connectivity index (χ1v) is 9.46. The number of rotatable bonds is 3. The summed E-state index contributed by atoms with van der Waals surface area (Å²) in [5, 5.41) is 3.80. The molecule has 0 fully saturated rings. The average molecular weight is 398 g/mol. The van der Waals surface area contributed by atoms with E-state index in [4.69, 9.17) is 20.8 Å². The zero-order valence-electron chi connectivity index (χ0n) is 15.4. The highest BCUT2D eigenvalue weighted by Crippen LogP contribution is 2.47. The van der Waals surface area contributed by atoms with Gasteiger partial charge in [-0.2, -0.15) is 0 Å². The van der Waals surface area contributed by atoms with Gasteiger partial charge in [0.25, 0.3) is 0 Å². The Bertz CT molecular complexity index is 959. The zero-order chi connectivity index (χ0) is 19.8. The lowest BCUT2D eigenvalue weighted by molar-refractivity contribution is -0.144. The number of hydrogen-bond donors (Lipinski definition) is 1. The van der Waals surface area contributed by atoms with Crippen LogP contribution in [0.2, 0.25) is 5.02 Å². The molecular formula is C22H20ClNO4. The van der Waals surface area contributed by atoms with Crippen LogP contribution >= 0.6 is 11.6 Å². The van der Waals surface area contributed by atoms with Gasteiger partial charge in [0, 0.05) is 40.2 Å². The molecule has 2 aliphatic rings. The highest BCUT2D eigenvalue weighted by Gasteiger charge is 2.45. The van der Waals surface area contributed by atoms with Gasteiger partial charge < -0.3 is 14.5 Å². The summed E-state index contributed by atoms with van der Waals surface area (Å²) in [6.07, 6.45) is 2.56. The number of nitrogens with one attached hydrogen (secondary N) is 1. The third-order valence-electron chi connectivity index (χ3n) is 5.47. The summed E-state index contributed by atoms with van der Waals surface area (Å²) in [5.74, 6) is -0.832. The summed E-state index contributed by atoms with van der Waals surface area (Å²) in [7, 11) is 1.34. The van der Waals surface area contributed by atoms with Gasteiger partial charge in [-0.25, -0.2) is 0 Å². The number of esters is 1. The molecule has 0 amide bonds. The Kier molecular flexibility index (Phi) is 4.85. The van der Waals surface area contributed by atoms with Gasteiger partial charge >= 0.3 is 5.97 Å². The quantitative estimate of drug-likeness (QED) is 0.781. The minimum atomic E-state index is -0.686. The van der Waals surface area contributed by atoms with Gasteiger partial charge in [-0.05, 0) is 36.2 Å². The minimum Gasteiger partial charge on any atom is -0.469 e. The van der Waals surface area contributed by atoms with Crippen molar-refractivity contribution in [3.05, 3.63) is 82.6 Å². The first-order chi connectivity index (χ1) is 13.5. The van der Waals surface area contributed by atoms with Crippen LogP contribution in [0.5, 0.6) is 0 Å². The van der Waals surface area contributed by atoms with Crippen molar-refractivity contribution in [2.45, 2.75) is 24.7 Å². The number of methoxy groups -OCH3 is 1. The van der Waals surface area contributed by atoms with Crippen molar-refractivity contribution >= 4 is 23.4 Å². The normalized spacial score (nSPS) is 24.6. The van der Waals surface area contributed by atoms with Crippen LogP contribution in [0.3, 0.4) is 0 Å². The predicted molar refractivity (Wildman–Crippen MR) is 105 cm³/mol. The molecule has 1 aromatic heterocycles. The molecule has 1 aromatic carbocycles. The number of furan rings is 1. The lowest BCUT2D eigenvalue weighted by Gasteiger charge is -2.39. The molecule has 0 saturated heterocycles. The van der Waals surface area contributed by atoms with Gasteiger partial charge in [-0.1, -0.05) is 30.3 Å². The molecule has 4 rings (SSSR count). The lowest BCUT2D eigenvalue weighted by Crippen LogP contribution is -2.41. The van der Waals surface area contributed by atoms with E-state index in [-0.39, 0.29) is 11.7 Å². The third kappa shape index (κ3) is 3.16. The highest BCUT2D eigenvalue weighted by atomic mass is 35.5. The number of carbonyl (C=O) groups is 2. The standard InChI is InChI=1S/C22H20ClNO4/c1-12-19(22(26)27-2)20(13-5-7-15(23)8-6-13)21-16(24-12)10-14(11-17(21)25)18-4-3-9-28-18/h3-9,14,19-20,24H,1,10-11H2,2H3. The van der Waals surface area contributed by atoms with Crippen molar-refractivity contribution in [2.24, 2.45) is 5.92 Å². The van der Waals surface area contributed by atoms with Gasteiger partial charge in [0.15, 0.2) is 5.78 Å². The van der Waals surface area contributed by atoms with Crippen LogP contribution < -0.4 is 5.32 Å². The van der Waals surface area contributed by atoms with E-state index in [0.29, 0.717) is 29.1 Å². The van der Waals surface area contributed by atoms with Crippen LogP contribution in [0.25, 0.3) is 0 Å². The van der Waals surface area contributed by atoms with Crippen LogP contribution in [0.4, 0.5) is 0 Å². The predicted octanol–water partition coefficient (Wildman–Crippen LogP) is 4.32. The Morgan fingerprint density at radius 1 is 1.25 bits per heavy atom. The van der Waals surface area contributed by atoms with Crippen molar-refractivity contribution < 1.29 is 18.7 Å². The first-order valence-electron chi connectivity index (χ1n) is 9.08. The Morgan fingerprint density at radius 2 is 2.00 bits per heavy atom. The van der Waals surface area contributed by atoms with E-state index < -0.39 is 17.8 Å². The topological polar surface area (TPSA) is 68.5 Å². The second kappa shape index (κ2) is 7.32. The number of carbonyl (C=O) groups excluding carboxylic acids is 2. The molecule has 3 unspecified atom stereocenters. The van der Waals surface area contributed by atoms with E-state index in [2.05, 4.69) is 11.9 Å². The maximum absolute atomic E-state index is 13.2. The van der Waals surface area contributed by atoms with Gasteiger partial charge in [-0.3, -0.25) is 9.59 Å². The molecule has 1 aliphatic heterocycles. The van der Waals surface area contributed by atoms with Gasteiger partial charge in [0.05, 0.1) is 13.4 Å². The molecule has 144 valence electrons. The smallest absolute Gasteiger partial charge is 0.315 e. The zero-order valence-corrected chi connectivity index (χ0v) is 16.2. The summed E-state index contributed by atoms with van der Waals surface area (Å²) >= 11 is 6.04. The Morgan fingerprint density at radius 3 is 2.64 bits per heavy atom. The highest BCUT2D eigenvalue weighted by molar-refractivity contribution is 6.30. The van der Waals surface area contributed by atoms with E-state index in [0.717, 1.165) is 17.0 Å². The molecule has 1 aliphatic carbocycles. The Hall–Kier alpha value is -2.79. The summed E-state index contributed by atoms with van der Waals surface area (Å²) in [4.78, 5) is 25.8. The van der Waals surface area contributed by atoms with Crippen molar-refractivity contribution in [1.82, 2.24) is 5.32 Å². The molecule has 0 spiro atoms. The van der Waals surface area contributed by atoms with Crippen LogP contribution in [0, 0.1) is 5.92 Å². The fourth-order valence-corrected chi connectivity index (χ4v) is 4.33. The fraction of sp³-hybridized carbons (Fsp3) is 0.273. The van der Waals surface area contributed by atoms with Gasteiger partial charge in [-0.15, -0.1) is 0 Å². The molecule has 5 nitrogen and oxygen atoms in total. The largest absolute Gasteiger partial charge is 0.469 e. The summed E-state index contributed by atoms with van der Waals surface area (Å²) in [6, 6.07) is 10.9. The number of hydrogen-bond acceptors (Lipinski definition) is 5. The van der Waals surface area contributed by atoms with Crippen LogP contribution in [-0.4, -0.2) is 18.9 Å². The average Bonchev–Trinajstić information content (AvgIpc) is 3.21. The van der Waals surface area contributed by atoms with Crippen molar-refractivity contribution in [1.29, 1.82) is 0 Å². The molecule has 0 bridgehead atoms. The second-order valence-corrected chi connectivity index (χ2v) is 7.55. The van der Waals surface area contributed by atoms with E-state index >= 15 is 0 Å². The monoisotopic (exact) mass is 397 g/mol. The van der Waals surface area contributed by atoms with Crippen LogP contribution in [0.1, 0.15) is 36.0 Å². The summed E-state index contributed by atoms with van der Waals surface area (Å²) < 4.78 is 10.5. The number of benzene rings is 1. The van der Waals surface area contributed by atoms with Crippen LogP contribution in [0.15, 0.2) is 70.6 Å². The molecule has 0 saturated carbocycles. The second-order valence-electron chi connectivity index (χ2n) is 7.12. The maximum atomic E-state index is 13.2. The van der Waals surface area contributed by atoms with Crippen LogP contribution in [-0.2, 0) is 14.3 Å². The summed E-state index contributed by atoms with van der Waals surface area (Å²) in [6.45, 7) is 4.05. The number of ketones is 1. The summed E-state index contributed by atoms with van der Waals surface area (Å²) in [5.41, 5.74) is 2.77. The van der Waals surface area contributed by atoms with E-state index in [1.165, 1.54) is 7.11 Å². The van der Waals surface area contributed by atoms with Gasteiger partial charge in [0.1, 0.15) is 11.7 Å². The van der Waals surface area contributed by atoms with Crippen molar-refractivity contribution in [3.8, 4) is 0 Å². The fourth-order valence-electron chi connectivity index (χ4n) is 4.21. The molecular weight excluding hydrogens is 378 g/mol. The number of allylic oxidation sites excluding steroid dienone is 2. The third-order valence-corrected chi connectivity index (χ3v) is 5.72. The minimum absolute atomic E-state index is 0.00324. The number of halogens is 1. The SMILES string of the molecule is C=C1NC2=C(C(=O)CC(c3ccco3)C2)C(c2ccc(Cl)cc2)C1C(=O)OC. The molecule has 3 atom stereocenters.